The quantitative estimate of drug-likeness (QED) is 0.493. The fourth-order valence-corrected chi connectivity index (χ4v) is 4.55. The number of benzene rings is 1. The minimum absolute atomic E-state index is 1.21. The topological polar surface area (TPSA) is 0 Å². The fraction of sp³-hybridized carbons (Fsp3) is 0.111. The molecule has 0 aliphatic heterocycles. The SMILES string of the molecule is CSc1cc2cc(I)cc(Br)c2s1. The highest BCUT2D eigenvalue weighted by molar-refractivity contribution is 14.1. The zero-order valence-electron chi connectivity index (χ0n) is 6.80. The lowest BCUT2D eigenvalue weighted by Crippen LogP contribution is -1.70. The monoisotopic (exact) mass is 384 g/mol. The second kappa shape index (κ2) is 4.08. The minimum Gasteiger partial charge on any atom is -0.128 e. The highest BCUT2D eigenvalue weighted by Gasteiger charge is 2.05. The summed E-state index contributed by atoms with van der Waals surface area (Å²) in [6.45, 7) is 0. The van der Waals surface area contributed by atoms with E-state index in [4.69, 9.17) is 0 Å². The molecule has 0 aliphatic rings. The Kier molecular flexibility index (Phi) is 3.22. The molecule has 0 N–H and O–H groups in total. The minimum atomic E-state index is 1.21. The van der Waals surface area contributed by atoms with Crippen molar-refractivity contribution in [2.75, 3.05) is 6.26 Å². The molecule has 0 unspecified atom stereocenters. The van der Waals surface area contributed by atoms with Crippen LogP contribution in [-0.4, -0.2) is 6.26 Å². The van der Waals surface area contributed by atoms with E-state index in [1.807, 2.05) is 11.3 Å². The Hall–Kier alpha value is 0.740. The molecule has 0 nitrogen and oxygen atoms in total. The van der Waals surface area contributed by atoms with Crippen LogP contribution in [-0.2, 0) is 0 Å². The summed E-state index contributed by atoms with van der Waals surface area (Å²) >= 11 is 9.58. The molecule has 0 bridgehead atoms. The third-order valence-corrected chi connectivity index (χ3v) is 5.47. The highest BCUT2D eigenvalue weighted by atomic mass is 127. The lowest BCUT2D eigenvalue weighted by atomic mass is 10.3. The number of halogens is 2. The molecular formula is C9H6BrIS2. The number of hydrogen-bond donors (Lipinski definition) is 0. The van der Waals surface area contributed by atoms with Gasteiger partial charge in [-0.15, -0.1) is 23.1 Å². The summed E-state index contributed by atoms with van der Waals surface area (Å²) in [5, 5.41) is 1.34. The molecule has 2 aromatic rings. The molecule has 0 radical (unpaired) electrons. The number of fused-ring (bicyclic) bond motifs is 1. The van der Waals surface area contributed by atoms with E-state index in [9.17, 15) is 0 Å². The second-order valence-electron chi connectivity index (χ2n) is 2.58. The predicted molar refractivity (Wildman–Crippen MR) is 74.0 cm³/mol. The lowest BCUT2D eigenvalue weighted by molar-refractivity contribution is 1.70. The van der Waals surface area contributed by atoms with Crippen LogP contribution in [0.3, 0.4) is 0 Å². The summed E-state index contributed by atoms with van der Waals surface area (Å²) < 4.78 is 5.21. The average molecular weight is 385 g/mol. The van der Waals surface area contributed by atoms with Crippen molar-refractivity contribution in [3.05, 3.63) is 26.2 Å². The van der Waals surface area contributed by atoms with Gasteiger partial charge in [0.15, 0.2) is 0 Å². The Labute approximate surface area is 107 Å². The van der Waals surface area contributed by atoms with Crippen LogP contribution in [0, 0.1) is 3.57 Å². The molecule has 0 amide bonds. The van der Waals surface area contributed by atoms with Crippen molar-refractivity contribution >= 4 is 71.7 Å². The fourth-order valence-electron chi connectivity index (χ4n) is 1.15. The first-order valence-electron chi connectivity index (χ1n) is 3.63. The first kappa shape index (κ1) is 10.3. The Morgan fingerprint density at radius 1 is 1.38 bits per heavy atom. The van der Waals surface area contributed by atoms with Crippen LogP contribution in [0.1, 0.15) is 0 Å². The van der Waals surface area contributed by atoms with Crippen LogP contribution in [0.2, 0.25) is 0 Å². The lowest BCUT2D eigenvalue weighted by Gasteiger charge is -1.94. The molecule has 2 rings (SSSR count). The van der Waals surface area contributed by atoms with E-state index in [0.29, 0.717) is 0 Å². The Balaban J connectivity index is 2.75. The van der Waals surface area contributed by atoms with Gasteiger partial charge in [-0.3, -0.25) is 0 Å². The van der Waals surface area contributed by atoms with E-state index >= 15 is 0 Å². The van der Waals surface area contributed by atoms with Crippen LogP contribution in [0.25, 0.3) is 10.1 Å². The van der Waals surface area contributed by atoms with Crippen molar-refractivity contribution in [1.82, 2.24) is 0 Å². The van der Waals surface area contributed by atoms with Crippen LogP contribution in [0.4, 0.5) is 0 Å². The molecule has 0 saturated carbocycles. The van der Waals surface area contributed by atoms with Gasteiger partial charge in [0.05, 0.1) is 4.21 Å². The summed E-state index contributed by atoms with van der Waals surface area (Å²) in [6, 6.07) is 6.62. The molecule has 4 heteroatoms. The van der Waals surface area contributed by atoms with Gasteiger partial charge in [0.2, 0.25) is 0 Å². The van der Waals surface area contributed by atoms with Crippen molar-refractivity contribution in [3.63, 3.8) is 0 Å². The summed E-state index contributed by atoms with van der Waals surface area (Å²) in [5.41, 5.74) is 0. The first-order chi connectivity index (χ1) is 6.20. The molecule has 13 heavy (non-hydrogen) atoms. The van der Waals surface area contributed by atoms with Gasteiger partial charge in [0.25, 0.3) is 0 Å². The summed E-state index contributed by atoms with van der Waals surface area (Å²) in [7, 11) is 0. The van der Waals surface area contributed by atoms with Gasteiger partial charge < -0.3 is 0 Å². The molecular weight excluding hydrogens is 379 g/mol. The number of hydrogen-bond acceptors (Lipinski definition) is 2. The van der Waals surface area contributed by atoms with Gasteiger partial charge in [-0.25, -0.2) is 0 Å². The van der Waals surface area contributed by atoms with Gasteiger partial charge in [0, 0.05) is 12.7 Å². The normalized spacial score (nSPS) is 11.0. The van der Waals surface area contributed by atoms with Gasteiger partial charge >= 0.3 is 0 Å². The third-order valence-electron chi connectivity index (χ3n) is 1.71. The summed E-state index contributed by atoms with van der Waals surface area (Å²) in [5.74, 6) is 0. The van der Waals surface area contributed by atoms with E-state index < -0.39 is 0 Å². The summed E-state index contributed by atoms with van der Waals surface area (Å²) in [6.07, 6.45) is 2.11. The van der Waals surface area contributed by atoms with E-state index in [2.05, 4.69) is 63.0 Å². The van der Waals surface area contributed by atoms with Crippen molar-refractivity contribution < 1.29 is 0 Å². The maximum Gasteiger partial charge on any atom is 0.0608 e. The maximum atomic E-state index is 3.59. The Morgan fingerprint density at radius 3 is 2.85 bits per heavy atom. The third kappa shape index (κ3) is 2.06. The molecule has 0 aliphatic carbocycles. The molecule has 0 spiro atoms. The number of thioether (sulfide) groups is 1. The number of rotatable bonds is 1. The van der Waals surface area contributed by atoms with Gasteiger partial charge in [-0.05, 0) is 68.4 Å². The molecule has 0 atom stereocenters. The summed E-state index contributed by atoms with van der Waals surface area (Å²) in [4.78, 5) is 0. The zero-order chi connectivity index (χ0) is 9.42. The van der Waals surface area contributed by atoms with E-state index in [-0.39, 0.29) is 0 Å². The smallest absolute Gasteiger partial charge is 0.0608 e. The molecule has 0 saturated heterocycles. The van der Waals surface area contributed by atoms with Crippen molar-refractivity contribution in [2.24, 2.45) is 0 Å². The molecule has 68 valence electrons. The number of thiophene rings is 1. The Morgan fingerprint density at radius 2 is 2.15 bits per heavy atom. The molecule has 1 aromatic heterocycles. The predicted octanol–water partition coefficient (Wildman–Crippen LogP) is 4.99. The van der Waals surface area contributed by atoms with Crippen molar-refractivity contribution in [2.45, 2.75) is 4.21 Å². The van der Waals surface area contributed by atoms with Gasteiger partial charge in [0.1, 0.15) is 0 Å². The van der Waals surface area contributed by atoms with Crippen molar-refractivity contribution in [3.8, 4) is 0 Å². The van der Waals surface area contributed by atoms with E-state index in [1.54, 1.807) is 11.8 Å². The largest absolute Gasteiger partial charge is 0.128 e. The van der Waals surface area contributed by atoms with Crippen LogP contribution >= 0.6 is 61.6 Å². The van der Waals surface area contributed by atoms with Crippen molar-refractivity contribution in [1.29, 1.82) is 0 Å². The van der Waals surface area contributed by atoms with Crippen LogP contribution in [0.5, 0.6) is 0 Å². The average Bonchev–Trinajstić information content (AvgIpc) is 2.47. The Bertz CT molecular complexity index is 450. The van der Waals surface area contributed by atoms with Gasteiger partial charge in [-0.2, -0.15) is 0 Å². The zero-order valence-corrected chi connectivity index (χ0v) is 12.2. The molecule has 1 aromatic carbocycles. The molecule has 0 fully saturated rings. The second-order valence-corrected chi connectivity index (χ2v) is 6.83. The van der Waals surface area contributed by atoms with E-state index in [1.165, 1.54) is 22.3 Å². The van der Waals surface area contributed by atoms with Crippen LogP contribution < -0.4 is 0 Å². The van der Waals surface area contributed by atoms with Gasteiger partial charge in [-0.1, -0.05) is 0 Å². The first-order valence-corrected chi connectivity index (χ1v) is 7.54. The maximum absolute atomic E-state index is 3.59. The van der Waals surface area contributed by atoms with E-state index in [0.717, 1.165) is 0 Å². The highest BCUT2D eigenvalue weighted by Crippen LogP contribution is 2.37. The standard InChI is InChI=1S/C9H6BrIS2/c1-12-8-3-5-2-6(11)4-7(10)9(5)13-8/h2-4H,1H3. The van der Waals surface area contributed by atoms with Crippen LogP contribution in [0.15, 0.2) is 26.9 Å². The molecule has 1 heterocycles.